The molecule has 2 aliphatic rings. The second-order valence-corrected chi connectivity index (χ2v) is 6.86. The van der Waals surface area contributed by atoms with Crippen LogP contribution in [0.1, 0.15) is 20.3 Å². The van der Waals surface area contributed by atoms with Crippen molar-refractivity contribution in [2.24, 2.45) is 10.9 Å². The quantitative estimate of drug-likeness (QED) is 0.230. The van der Waals surface area contributed by atoms with Gasteiger partial charge in [0.25, 0.3) is 0 Å². The summed E-state index contributed by atoms with van der Waals surface area (Å²) in [7, 11) is 1.71. The molecule has 2 unspecified atom stereocenters. The number of likely N-dealkylation sites (tertiary alicyclic amines) is 1. The van der Waals surface area contributed by atoms with Crippen LogP contribution in [0.15, 0.2) is 4.99 Å². The van der Waals surface area contributed by atoms with E-state index in [1.807, 2.05) is 0 Å². The summed E-state index contributed by atoms with van der Waals surface area (Å²) in [5.74, 6) is 1.62. The van der Waals surface area contributed by atoms with Crippen molar-refractivity contribution in [1.29, 1.82) is 0 Å². The zero-order valence-electron chi connectivity index (χ0n) is 16.6. The highest BCUT2D eigenvalue weighted by atomic mass is 127. The number of nitrogens with zero attached hydrogens (tertiary/aromatic N) is 3. The minimum Gasteiger partial charge on any atom is -0.382 e. The van der Waals surface area contributed by atoms with Crippen LogP contribution < -0.4 is 5.32 Å². The van der Waals surface area contributed by atoms with E-state index in [0.29, 0.717) is 25.2 Å². The van der Waals surface area contributed by atoms with Crippen LogP contribution in [0.4, 0.5) is 0 Å². The number of halogens is 1. The largest absolute Gasteiger partial charge is 0.382 e. The van der Waals surface area contributed by atoms with Gasteiger partial charge in [-0.15, -0.1) is 24.0 Å². The van der Waals surface area contributed by atoms with Crippen molar-refractivity contribution >= 4 is 29.9 Å². The Labute approximate surface area is 175 Å². The standard InChI is InChI=1S/C18H36N4O3.HI/c1-4-19-18(20-13-16(2)21-7-9-24-10-8-21)22-6-5-17(14-22)15-25-12-11-23-3;/h16-17H,4-15H2,1-3H3,(H,19,20);1H. The van der Waals surface area contributed by atoms with E-state index in [9.17, 15) is 0 Å². The molecule has 2 saturated heterocycles. The van der Waals surface area contributed by atoms with E-state index in [1.165, 1.54) is 0 Å². The summed E-state index contributed by atoms with van der Waals surface area (Å²) in [6.45, 7) is 14.0. The Morgan fingerprint density at radius 2 is 2.04 bits per heavy atom. The number of aliphatic imine (C=N–C) groups is 1. The third-order valence-electron chi connectivity index (χ3n) is 4.88. The van der Waals surface area contributed by atoms with Crippen LogP contribution in [0.3, 0.4) is 0 Å². The maximum atomic E-state index is 5.69. The first kappa shape index (κ1) is 23.9. The Kier molecular flexibility index (Phi) is 12.8. The van der Waals surface area contributed by atoms with Crippen LogP contribution in [-0.2, 0) is 14.2 Å². The van der Waals surface area contributed by atoms with Crippen LogP contribution in [0.2, 0.25) is 0 Å². The van der Waals surface area contributed by atoms with Gasteiger partial charge in [-0.25, -0.2) is 0 Å². The second-order valence-electron chi connectivity index (χ2n) is 6.86. The molecule has 0 bridgehead atoms. The van der Waals surface area contributed by atoms with Crippen molar-refractivity contribution in [3.63, 3.8) is 0 Å². The smallest absolute Gasteiger partial charge is 0.193 e. The number of morpholine rings is 1. The van der Waals surface area contributed by atoms with Gasteiger partial charge in [-0.3, -0.25) is 9.89 Å². The van der Waals surface area contributed by atoms with Crippen LogP contribution in [0.25, 0.3) is 0 Å². The average molecular weight is 484 g/mol. The Morgan fingerprint density at radius 1 is 1.27 bits per heavy atom. The molecule has 0 saturated carbocycles. The molecule has 8 heteroatoms. The third-order valence-corrected chi connectivity index (χ3v) is 4.88. The first-order valence-corrected chi connectivity index (χ1v) is 9.66. The molecule has 0 aliphatic carbocycles. The molecular weight excluding hydrogens is 447 g/mol. The monoisotopic (exact) mass is 484 g/mol. The number of ether oxygens (including phenoxy) is 3. The van der Waals surface area contributed by atoms with Crippen molar-refractivity contribution in [2.75, 3.05) is 79.4 Å². The number of methoxy groups -OCH3 is 1. The van der Waals surface area contributed by atoms with Crippen molar-refractivity contribution < 1.29 is 14.2 Å². The van der Waals surface area contributed by atoms with Crippen LogP contribution in [0, 0.1) is 5.92 Å². The van der Waals surface area contributed by atoms with Gasteiger partial charge in [-0.2, -0.15) is 0 Å². The van der Waals surface area contributed by atoms with Crippen LogP contribution in [0.5, 0.6) is 0 Å². The van der Waals surface area contributed by atoms with Crippen molar-refractivity contribution in [3.8, 4) is 0 Å². The molecule has 2 aliphatic heterocycles. The zero-order valence-corrected chi connectivity index (χ0v) is 18.9. The van der Waals surface area contributed by atoms with Gasteiger partial charge in [0.1, 0.15) is 0 Å². The van der Waals surface area contributed by atoms with E-state index in [0.717, 1.165) is 71.5 Å². The molecular formula is C18H37IN4O3. The SMILES string of the molecule is CCNC(=NCC(C)N1CCOCC1)N1CCC(COCCOC)C1.I. The minimum absolute atomic E-state index is 0. The lowest BCUT2D eigenvalue weighted by molar-refractivity contribution is 0.0220. The van der Waals surface area contributed by atoms with E-state index in [1.54, 1.807) is 7.11 Å². The van der Waals surface area contributed by atoms with Gasteiger partial charge < -0.3 is 24.4 Å². The summed E-state index contributed by atoms with van der Waals surface area (Å²) < 4.78 is 16.2. The van der Waals surface area contributed by atoms with Gasteiger partial charge in [0.2, 0.25) is 0 Å². The summed E-state index contributed by atoms with van der Waals surface area (Å²) >= 11 is 0. The predicted molar refractivity (Wildman–Crippen MR) is 116 cm³/mol. The Morgan fingerprint density at radius 3 is 2.73 bits per heavy atom. The molecule has 0 aromatic heterocycles. The van der Waals surface area contributed by atoms with Gasteiger partial charge in [0.15, 0.2) is 5.96 Å². The zero-order chi connectivity index (χ0) is 17.9. The Hall–Kier alpha value is -0.160. The van der Waals surface area contributed by atoms with Gasteiger partial charge in [-0.05, 0) is 20.3 Å². The summed E-state index contributed by atoms with van der Waals surface area (Å²) in [5, 5.41) is 3.45. The predicted octanol–water partition coefficient (Wildman–Crippen LogP) is 1.28. The maximum Gasteiger partial charge on any atom is 0.193 e. The average Bonchev–Trinajstić information content (AvgIpc) is 3.11. The molecule has 2 heterocycles. The van der Waals surface area contributed by atoms with E-state index < -0.39 is 0 Å². The fourth-order valence-electron chi connectivity index (χ4n) is 3.33. The normalized spacial score (nSPS) is 23.0. The first-order valence-electron chi connectivity index (χ1n) is 9.66. The molecule has 2 atom stereocenters. The highest BCUT2D eigenvalue weighted by molar-refractivity contribution is 14.0. The lowest BCUT2D eigenvalue weighted by Crippen LogP contribution is -2.45. The topological polar surface area (TPSA) is 58.6 Å². The first-order chi connectivity index (χ1) is 12.2. The number of guanidine groups is 1. The minimum atomic E-state index is 0. The fourth-order valence-corrected chi connectivity index (χ4v) is 3.33. The Balaban J connectivity index is 0.00000338. The molecule has 2 fully saturated rings. The lowest BCUT2D eigenvalue weighted by atomic mass is 10.1. The molecule has 154 valence electrons. The van der Waals surface area contributed by atoms with Crippen LogP contribution >= 0.6 is 24.0 Å². The number of rotatable bonds is 9. The van der Waals surface area contributed by atoms with Gasteiger partial charge in [0.05, 0.1) is 39.6 Å². The molecule has 2 rings (SSSR count). The molecule has 0 aromatic carbocycles. The van der Waals surface area contributed by atoms with Crippen molar-refractivity contribution in [3.05, 3.63) is 0 Å². The van der Waals surface area contributed by atoms with E-state index >= 15 is 0 Å². The Bertz CT molecular complexity index is 395. The number of hydrogen-bond acceptors (Lipinski definition) is 5. The molecule has 7 nitrogen and oxygen atoms in total. The van der Waals surface area contributed by atoms with Gasteiger partial charge >= 0.3 is 0 Å². The summed E-state index contributed by atoms with van der Waals surface area (Å²) in [5.41, 5.74) is 0. The molecule has 0 aromatic rings. The highest BCUT2D eigenvalue weighted by Gasteiger charge is 2.25. The number of nitrogens with one attached hydrogen (secondary N) is 1. The van der Waals surface area contributed by atoms with Gasteiger partial charge in [0, 0.05) is 51.8 Å². The van der Waals surface area contributed by atoms with E-state index in [-0.39, 0.29) is 24.0 Å². The molecule has 1 N–H and O–H groups in total. The van der Waals surface area contributed by atoms with Crippen molar-refractivity contribution in [2.45, 2.75) is 26.3 Å². The molecule has 0 radical (unpaired) electrons. The fraction of sp³-hybridized carbons (Fsp3) is 0.944. The van der Waals surface area contributed by atoms with Crippen LogP contribution in [-0.4, -0.2) is 101 Å². The van der Waals surface area contributed by atoms with E-state index in [4.69, 9.17) is 19.2 Å². The molecule has 26 heavy (non-hydrogen) atoms. The number of hydrogen-bond donors (Lipinski definition) is 1. The summed E-state index contributed by atoms with van der Waals surface area (Å²) in [6.07, 6.45) is 1.16. The second kappa shape index (κ2) is 13.9. The molecule has 0 spiro atoms. The van der Waals surface area contributed by atoms with Crippen molar-refractivity contribution in [1.82, 2.24) is 15.1 Å². The summed E-state index contributed by atoms with van der Waals surface area (Å²) in [6, 6.07) is 0.452. The highest BCUT2D eigenvalue weighted by Crippen LogP contribution is 2.17. The summed E-state index contributed by atoms with van der Waals surface area (Å²) in [4.78, 5) is 9.74. The lowest BCUT2D eigenvalue weighted by Gasteiger charge is -2.31. The van der Waals surface area contributed by atoms with E-state index in [2.05, 4.69) is 29.0 Å². The molecule has 0 amide bonds. The third kappa shape index (κ3) is 8.24. The van der Waals surface area contributed by atoms with Gasteiger partial charge in [-0.1, -0.05) is 0 Å². The maximum absolute atomic E-state index is 5.69.